The van der Waals surface area contributed by atoms with Gasteiger partial charge in [-0.1, -0.05) is 70.2 Å². The number of hydrogen-bond acceptors (Lipinski definition) is 3. The van der Waals surface area contributed by atoms with Gasteiger partial charge in [0.05, 0.1) is 12.7 Å². The van der Waals surface area contributed by atoms with Crippen LogP contribution in [0, 0.1) is 0 Å². The quantitative estimate of drug-likeness (QED) is 0.328. The molecule has 0 bridgehead atoms. The Morgan fingerprint density at radius 3 is 2.34 bits per heavy atom. The lowest BCUT2D eigenvalue weighted by atomic mass is 10.1. The first kappa shape index (κ1) is 21.6. The Bertz CT molecular complexity index is 962. The van der Waals surface area contributed by atoms with Crippen LogP contribution in [0.25, 0.3) is 0 Å². The fourth-order valence-electron chi connectivity index (χ4n) is 2.72. The maximum absolute atomic E-state index is 13.5. The Morgan fingerprint density at radius 1 is 0.931 bits per heavy atom. The third kappa shape index (κ3) is 5.48. The predicted octanol–water partition coefficient (Wildman–Crippen LogP) is 7.34. The molecule has 0 N–H and O–H groups in total. The van der Waals surface area contributed by atoms with Crippen molar-refractivity contribution in [2.75, 3.05) is 7.11 Å². The molecule has 0 unspecified atom stereocenters. The molecule has 0 aliphatic heterocycles. The smallest absolute Gasteiger partial charge is 0.417 e. The van der Waals surface area contributed by atoms with Crippen LogP contribution in [0.4, 0.5) is 13.2 Å². The number of alkyl halides is 4. The summed E-state index contributed by atoms with van der Waals surface area (Å²) in [5.41, 5.74) is 0.935. The van der Waals surface area contributed by atoms with E-state index in [0.717, 1.165) is 23.4 Å². The van der Waals surface area contributed by atoms with Crippen LogP contribution in [0.2, 0.25) is 0 Å². The Hall–Kier alpha value is -2.12. The zero-order chi connectivity index (χ0) is 20.9. The molecule has 0 aromatic heterocycles. The van der Waals surface area contributed by atoms with Crippen molar-refractivity contribution in [3.63, 3.8) is 0 Å². The molecule has 0 atom stereocenters. The topological polar surface area (TPSA) is 18.5 Å². The summed E-state index contributed by atoms with van der Waals surface area (Å²) >= 11 is 4.34. The van der Waals surface area contributed by atoms with Gasteiger partial charge in [-0.25, -0.2) is 0 Å². The van der Waals surface area contributed by atoms with Crippen LogP contribution in [0.1, 0.15) is 16.7 Å². The molecule has 0 spiro atoms. The standard InChI is InChI=1S/C22H18BrF3O2S/c1-27-20-12-17(10-11-19(20)28-14-15-6-3-2-4-7-15)29-21-16(13-23)8-5-9-18(21)22(24,25)26/h2-12H,13-14H2,1H3. The Balaban J connectivity index is 1.86. The summed E-state index contributed by atoms with van der Waals surface area (Å²) in [6.07, 6.45) is -4.43. The van der Waals surface area contributed by atoms with Crippen LogP contribution in [0.5, 0.6) is 11.5 Å². The van der Waals surface area contributed by atoms with Crippen LogP contribution in [-0.4, -0.2) is 7.11 Å². The van der Waals surface area contributed by atoms with Gasteiger partial charge in [0.15, 0.2) is 11.5 Å². The van der Waals surface area contributed by atoms with Crippen molar-refractivity contribution in [1.29, 1.82) is 0 Å². The normalized spacial score (nSPS) is 11.3. The molecule has 3 aromatic rings. The van der Waals surface area contributed by atoms with E-state index in [1.54, 1.807) is 24.3 Å². The maximum Gasteiger partial charge on any atom is 0.417 e. The summed E-state index contributed by atoms with van der Waals surface area (Å²) in [5, 5.41) is 0.328. The number of rotatable bonds is 7. The molecule has 3 rings (SSSR count). The molecule has 0 radical (unpaired) electrons. The first-order valence-electron chi connectivity index (χ1n) is 8.70. The van der Waals surface area contributed by atoms with E-state index in [1.165, 1.54) is 13.2 Å². The van der Waals surface area contributed by atoms with Crippen molar-refractivity contribution in [1.82, 2.24) is 0 Å². The van der Waals surface area contributed by atoms with Crippen LogP contribution in [-0.2, 0) is 18.1 Å². The van der Waals surface area contributed by atoms with Gasteiger partial charge in [-0.2, -0.15) is 13.2 Å². The molecular weight excluding hydrogens is 465 g/mol. The average Bonchev–Trinajstić information content (AvgIpc) is 2.72. The van der Waals surface area contributed by atoms with Crippen molar-refractivity contribution in [3.05, 3.63) is 83.4 Å². The number of halogens is 4. The summed E-state index contributed by atoms with van der Waals surface area (Å²) in [6.45, 7) is 0.369. The van der Waals surface area contributed by atoms with E-state index in [4.69, 9.17) is 9.47 Å². The van der Waals surface area contributed by atoms with E-state index in [0.29, 0.717) is 33.9 Å². The monoisotopic (exact) mass is 482 g/mol. The Morgan fingerprint density at radius 2 is 1.69 bits per heavy atom. The molecule has 0 fully saturated rings. The zero-order valence-corrected chi connectivity index (χ0v) is 17.9. The molecule has 152 valence electrons. The van der Waals surface area contributed by atoms with Crippen LogP contribution in [0.15, 0.2) is 76.5 Å². The maximum atomic E-state index is 13.5. The van der Waals surface area contributed by atoms with E-state index >= 15 is 0 Å². The minimum absolute atomic E-state index is 0.178. The van der Waals surface area contributed by atoms with Gasteiger partial charge in [0.1, 0.15) is 6.61 Å². The minimum atomic E-state index is -4.43. The molecule has 3 aromatic carbocycles. The second-order valence-corrected chi connectivity index (χ2v) is 7.76. The van der Waals surface area contributed by atoms with Gasteiger partial charge < -0.3 is 9.47 Å². The molecule has 29 heavy (non-hydrogen) atoms. The van der Waals surface area contributed by atoms with Gasteiger partial charge >= 0.3 is 6.18 Å². The fraction of sp³-hybridized carbons (Fsp3) is 0.182. The Kier molecular flexibility index (Phi) is 7.14. The van der Waals surface area contributed by atoms with Crippen LogP contribution < -0.4 is 9.47 Å². The molecule has 0 saturated heterocycles. The second-order valence-electron chi connectivity index (χ2n) is 6.11. The van der Waals surface area contributed by atoms with Crippen LogP contribution >= 0.6 is 27.7 Å². The second kappa shape index (κ2) is 9.59. The number of hydrogen-bond donors (Lipinski definition) is 0. The molecule has 2 nitrogen and oxygen atoms in total. The van der Waals surface area contributed by atoms with Crippen molar-refractivity contribution in [2.24, 2.45) is 0 Å². The molecule has 0 heterocycles. The molecule has 7 heteroatoms. The molecule has 0 aliphatic rings. The lowest BCUT2D eigenvalue weighted by Gasteiger charge is -2.17. The van der Waals surface area contributed by atoms with Gasteiger partial charge in [-0.15, -0.1) is 0 Å². The van der Waals surface area contributed by atoms with Crippen molar-refractivity contribution >= 4 is 27.7 Å². The van der Waals surface area contributed by atoms with E-state index in [2.05, 4.69) is 15.9 Å². The predicted molar refractivity (Wildman–Crippen MR) is 112 cm³/mol. The number of benzene rings is 3. The lowest BCUT2D eigenvalue weighted by Crippen LogP contribution is -2.08. The summed E-state index contributed by atoms with van der Waals surface area (Å²) < 4.78 is 51.6. The fourth-order valence-corrected chi connectivity index (χ4v) is 4.47. The van der Waals surface area contributed by atoms with Gasteiger partial charge in [0.2, 0.25) is 0 Å². The van der Waals surface area contributed by atoms with Crippen molar-refractivity contribution in [3.8, 4) is 11.5 Å². The molecule has 0 aliphatic carbocycles. The largest absolute Gasteiger partial charge is 0.493 e. The highest BCUT2D eigenvalue weighted by molar-refractivity contribution is 9.08. The molecule has 0 amide bonds. The highest BCUT2D eigenvalue weighted by Crippen LogP contribution is 2.43. The molecule has 0 saturated carbocycles. The van der Waals surface area contributed by atoms with Gasteiger partial charge in [-0.05, 0) is 35.4 Å². The molecular formula is C22H18BrF3O2S. The van der Waals surface area contributed by atoms with E-state index < -0.39 is 11.7 Å². The summed E-state index contributed by atoms with van der Waals surface area (Å²) in [4.78, 5) is 0.810. The van der Waals surface area contributed by atoms with Gasteiger partial charge in [-0.3, -0.25) is 0 Å². The highest BCUT2D eigenvalue weighted by atomic mass is 79.9. The first-order valence-corrected chi connectivity index (χ1v) is 10.6. The SMILES string of the molecule is COc1cc(Sc2c(CBr)cccc2C(F)(F)F)ccc1OCc1ccccc1. The summed E-state index contributed by atoms with van der Waals surface area (Å²) in [5.74, 6) is 1.00. The minimum Gasteiger partial charge on any atom is -0.493 e. The van der Waals surface area contributed by atoms with E-state index in [1.807, 2.05) is 30.3 Å². The van der Waals surface area contributed by atoms with Gasteiger partial charge in [0, 0.05) is 15.1 Å². The average molecular weight is 483 g/mol. The third-order valence-electron chi connectivity index (χ3n) is 4.14. The van der Waals surface area contributed by atoms with E-state index in [-0.39, 0.29) is 4.90 Å². The third-order valence-corrected chi connectivity index (χ3v) is 5.92. The van der Waals surface area contributed by atoms with Crippen molar-refractivity contribution in [2.45, 2.75) is 27.9 Å². The van der Waals surface area contributed by atoms with Crippen molar-refractivity contribution < 1.29 is 22.6 Å². The number of methoxy groups -OCH3 is 1. The summed E-state index contributed by atoms with van der Waals surface area (Å²) in [7, 11) is 1.51. The zero-order valence-electron chi connectivity index (χ0n) is 15.5. The highest BCUT2D eigenvalue weighted by Gasteiger charge is 2.34. The number of ether oxygens (including phenoxy) is 2. The van der Waals surface area contributed by atoms with E-state index in [9.17, 15) is 13.2 Å². The Labute approximate surface area is 180 Å². The summed E-state index contributed by atoms with van der Waals surface area (Å²) in [6, 6.07) is 19.0. The lowest BCUT2D eigenvalue weighted by molar-refractivity contribution is -0.139. The first-order chi connectivity index (χ1) is 13.9. The van der Waals surface area contributed by atoms with Gasteiger partial charge in [0.25, 0.3) is 0 Å². The van der Waals surface area contributed by atoms with Crippen LogP contribution in [0.3, 0.4) is 0 Å².